The molecule has 21 heteroatoms. The summed E-state index contributed by atoms with van der Waals surface area (Å²) in [5, 5.41) is 27.3. The number of amides is 2. The lowest BCUT2D eigenvalue weighted by Gasteiger charge is -2.39. The van der Waals surface area contributed by atoms with Crippen LogP contribution in [0.4, 0.5) is 5.82 Å². The molecule has 1 spiro atoms. The van der Waals surface area contributed by atoms with E-state index in [1.807, 2.05) is 23.9 Å². The second-order valence-corrected chi connectivity index (χ2v) is 11.4. The number of amidine groups is 1. The van der Waals surface area contributed by atoms with E-state index in [2.05, 4.69) is 56.9 Å². The molecule has 0 saturated carbocycles. The molecule has 0 aliphatic carbocycles. The van der Waals surface area contributed by atoms with Gasteiger partial charge in [-0.05, 0) is 33.4 Å². The van der Waals surface area contributed by atoms with Gasteiger partial charge in [-0.15, -0.1) is 10.2 Å². The molecule has 3 atom stereocenters. The molecule has 1 aromatic heterocycles. The number of hydrazine groups is 1. The molecule has 5 rings (SSSR count). The SMILES string of the molecule is CN(C)C1NC=Nc2[nH]c(CCCC(=O)N3CCC4(CC3)CN(N)C(NC(=O)C3NC(Cl)=C(N=NN)N=C3N=NN)N4)nc21. The van der Waals surface area contributed by atoms with Crippen molar-refractivity contribution in [2.45, 2.75) is 56.1 Å². The summed E-state index contributed by atoms with van der Waals surface area (Å²) in [6.07, 6.45) is 3.97. The smallest absolute Gasteiger partial charge is 0.252 e. The summed E-state index contributed by atoms with van der Waals surface area (Å²) in [6.45, 7) is 1.60. The fourth-order valence-corrected chi connectivity index (χ4v) is 5.84. The van der Waals surface area contributed by atoms with E-state index in [0.29, 0.717) is 51.7 Å². The van der Waals surface area contributed by atoms with Gasteiger partial charge < -0.3 is 37.5 Å². The van der Waals surface area contributed by atoms with Crippen molar-refractivity contribution < 1.29 is 9.59 Å². The summed E-state index contributed by atoms with van der Waals surface area (Å²) in [5.74, 6) is 17.5. The molecule has 0 aromatic carbocycles. The van der Waals surface area contributed by atoms with Gasteiger partial charge >= 0.3 is 0 Å². The highest BCUT2D eigenvalue weighted by molar-refractivity contribution is 6.30. The molecule has 0 radical (unpaired) electrons. The maximum Gasteiger partial charge on any atom is 0.252 e. The number of nitrogens with two attached hydrogens (primary N) is 3. The zero-order chi connectivity index (χ0) is 31.4. The third kappa shape index (κ3) is 6.63. The molecule has 2 saturated heterocycles. The molecule has 4 aliphatic rings. The maximum atomic E-state index is 13.2. The molecule has 4 aliphatic heterocycles. The number of fused-ring (bicyclic) bond motifs is 1. The van der Waals surface area contributed by atoms with Crippen LogP contribution in [-0.4, -0.2) is 100 Å². The average molecular weight is 633 g/mol. The van der Waals surface area contributed by atoms with Crippen molar-refractivity contribution in [2.24, 2.45) is 48.2 Å². The van der Waals surface area contributed by atoms with Crippen LogP contribution in [0.15, 0.2) is 41.6 Å². The van der Waals surface area contributed by atoms with E-state index in [0.717, 1.165) is 17.3 Å². The van der Waals surface area contributed by atoms with Crippen molar-refractivity contribution in [3.05, 3.63) is 22.5 Å². The van der Waals surface area contributed by atoms with Gasteiger partial charge in [0.1, 0.15) is 24.0 Å². The highest BCUT2D eigenvalue weighted by atomic mass is 35.5. The minimum absolute atomic E-state index is 0.0486. The first-order chi connectivity index (χ1) is 21.1. The van der Waals surface area contributed by atoms with E-state index < -0.39 is 18.2 Å². The monoisotopic (exact) mass is 632 g/mol. The van der Waals surface area contributed by atoms with Crippen molar-refractivity contribution in [1.82, 2.24) is 46.0 Å². The number of carbonyl (C=O) groups is 2. The summed E-state index contributed by atoms with van der Waals surface area (Å²) in [4.78, 5) is 46.4. The lowest BCUT2D eigenvalue weighted by Crippen LogP contribution is -2.60. The summed E-state index contributed by atoms with van der Waals surface area (Å²) in [5.41, 5.74) is 0.468. The Kier molecular flexibility index (Phi) is 9.34. The number of likely N-dealkylation sites (tertiary alicyclic amines) is 1. The van der Waals surface area contributed by atoms with E-state index in [1.165, 1.54) is 5.01 Å². The van der Waals surface area contributed by atoms with Crippen LogP contribution in [-0.2, 0) is 16.0 Å². The molecule has 5 heterocycles. The number of aromatic nitrogens is 2. The molecular formula is C23H37ClN18O2. The van der Waals surface area contributed by atoms with Crippen LogP contribution in [0.5, 0.6) is 0 Å². The van der Waals surface area contributed by atoms with E-state index >= 15 is 0 Å². The maximum absolute atomic E-state index is 13.2. The standard InChI is InChI=1S/C23H37ClN18O2/c1-40(2)20-14-17(28-11-29-20)31-12(30-14)4-3-5-13(43)41-8-6-23(7-9-41)10-42(27)22(35-23)34-21(44)15-18(36-38-25)33-19(37-39-26)16(24)32-15/h11,15,20,22,32,35H,3-10,27H2,1-2H3,(H2,26,37)(H,28,29)(H,30,31)(H,34,44)(H2,25,33,36). The Bertz CT molecular complexity index is 1390. The molecule has 44 heavy (non-hydrogen) atoms. The highest BCUT2D eigenvalue weighted by Crippen LogP contribution is 2.29. The largest absolute Gasteiger partial charge is 0.355 e. The molecule has 11 N–H and O–H groups in total. The number of rotatable bonds is 8. The number of nitrogens with one attached hydrogen (secondary N) is 5. The number of carbonyl (C=O) groups excluding carboxylic acids is 2. The van der Waals surface area contributed by atoms with Gasteiger partial charge in [-0.25, -0.2) is 20.0 Å². The van der Waals surface area contributed by atoms with Crippen molar-refractivity contribution >= 4 is 41.4 Å². The number of aliphatic imine (C=N–C) groups is 2. The first-order valence-corrected chi connectivity index (χ1v) is 14.4. The summed E-state index contributed by atoms with van der Waals surface area (Å²) in [6, 6.07) is -1.12. The first kappa shape index (κ1) is 31.2. The quantitative estimate of drug-likeness (QED) is 0.0705. The van der Waals surface area contributed by atoms with Crippen LogP contribution in [0.3, 0.4) is 0 Å². The fraction of sp³-hybridized carbons (Fsp3) is 0.609. The zero-order valence-corrected chi connectivity index (χ0v) is 25.1. The van der Waals surface area contributed by atoms with Crippen LogP contribution in [0.1, 0.15) is 43.4 Å². The lowest BCUT2D eigenvalue weighted by molar-refractivity contribution is -0.132. The number of H-pyrrole nitrogens is 1. The molecule has 20 nitrogen and oxygen atoms in total. The Morgan fingerprint density at radius 1 is 1.23 bits per heavy atom. The van der Waals surface area contributed by atoms with Gasteiger partial charge in [0.15, 0.2) is 22.9 Å². The molecular weight excluding hydrogens is 596 g/mol. The average Bonchev–Trinajstić information content (AvgIpc) is 3.54. The van der Waals surface area contributed by atoms with Crippen LogP contribution < -0.4 is 38.8 Å². The number of imidazole rings is 1. The summed E-state index contributed by atoms with van der Waals surface area (Å²) < 4.78 is 0. The van der Waals surface area contributed by atoms with E-state index in [1.54, 1.807) is 6.34 Å². The van der Waals surface area contributed by atoms with Gasteiger partial charge in [0.25, 0.3) is 5.91 Å². The first-order valence-electron chi connectivity index (χ1n) is 14.0. The van der Waals surface area contributed by atoms with E-state index in [-0.39, 0.29) is 34.4 Å². The van der Waals surface area contributed by atoms with Crippen LogP contribution in [0.25, 0.3) is 0 Å². The molecule has 2 amide bonds. The summed E-state index contributed by atoms with van der Waals surface area (Å²) in [7, 11) is 3.94. The third-order valence-electron chi connectivity index (χ3n) is 7.90. The number of piperidine rings is 1. The van der Waals surface area contributed by atoms with Gasteiger partial charge in [-0.1, -0.05) is 22.0 Å². The predicted octanol–water partition coefficient (Wildman–Crippen LogP) is -1.52. The van der Waals surface area contributed by atoms with Crippen molar-refractivity contribution in [2.75, 3.05) is 33.7 Å². The van der Waals surface area contributed by atoms with Gasteiger partial charge in [0.05, 0.1) is 6.34 Å². The van der Waals surface area contributed by atoms with Gasteiger partial charge in [-0.2, -0.15) is 0 Å². The molecule has 0 bridgehead atoms. The zero-order valence-electron chi connectivity index (χ0n) is 24.4. The minimum atomic E-state index is -1.12. The Labute approximate surface area is 257 Å². The second kappa shape index (κ2) is 13.2. The van der Waals surface area contributed by atoms with Gasteiger partial charge in [0, 0.05) is 38.0 Å². The topological polar surface area (TPSA) is 273 Å². The normalized spacial score (nSPS) is 25.1. The van der Waals surface area contributed by atoms with Gasteiger partial charge in [-0.3, -0.25) is 25.6 Å². The van der Waals surface area contributed by atoms with Crippen LogP contribution in [0.2, 0.25) is 0 Å². The third-order valence-corrected chi connectivity index (χ3v) is 8.18. The van der Waals surface area contributed by atoms with Crippen LogP contribution in [0, 0.1) is 0 Å². The Morgan fingerprint density at radius 3 is 2.68 bits per heavy atom. The molecule has 3 unspecified atom stereocenters. The van der Waals surface area contributed by atoms with Crippen molar-refractivity contribution in [3.8, 4) is 0 Å². The molecule has 238 valence electrons. The second-order valence-electron chi connectivity index (χ2n) is 11.1. The number of aryl methyl sites for hydroxylation is 1. The Morgan fingerprint density at radius 2 is 1.98 bits per heavy atom. The number of hydrogen-bond acceptors (Lipinski definition) is 15. The van der Waals surface area contributed by atoms with Gasteiger partial charge in [0.2, 0.25) is 11.7 Å². The van der Waals surface area contributed by atoms with E-state index in [4.69, 9.17) is 34.1 Å². The minimum Gasteiger partial charge on any atom is -0.355 e. The van der Waals surface area contributed by atoms with Crippen molar-refractivity contribution in [3.63, 3.8) is 0 Å². The predicted molar refractivity (Wildman–Crippen MR) is 159 cm³/mol. The summed E-state index contributed by atoms with van der Waals surface area (Å²) >= 11 is 6.14. The highest BCUT2D eigenvalue weighted by Gasteiger charge is 2.46. The number of nitrogens with zero attached hydrogens (tertiary/aromatic N) is 10. The Balaban J connectivity index is 1.10. The van der Waals surface area contributed by atoms with E-state index in [9.17, 15) is 9.59 Å². The number of hydrogen-bond donors (Lipinski definition) is 8. The molecule has 2 fully saturated rings. The van der Waals surface area contributed by atoms with Crippen molar-refractivity contribution in [1.29, 1.82) is 0 Å². The number of halogens is 1. The fourth-order valence-electron chi connectivity index (χ4n) is 5.65. The lowest BCUT2D eigenvalue weighted by atomic mass is 9.88. The number of aromatic amines is 1. The molecule has 1 aromatic rings. The van der Waals surface area contributed by atoms with Crippen LogP contribution >= 0.6 is 11.6 Å². The Hall–Kier alpha value is -4.24.